The molecule has 11 nitrogen and oxygen atoms in total. The third-order valence-electron chi connectivity index (χ3n) is 2.94. The number of nitrogens with zero attached hydrogens (tertiary/aromatic N) is 1. The van der Waals surface area contributed by atoms with Gasteiger partial charge in [0.05, 0.1) is 6.61 Å². The molecular weight excluding hydrogens is 328 g/mol. The van der Waals surface area contributed by atoms with Gasteiger partial charge in [-0.05, 0) is 0 Å². The summed E-state index contributed by atoms with van der Waals surface area (Å²) < 4.78 is 34.8. The van der Waals surface area contributed by atoms with Gasteiger partial charge < -0.3 is 19.8 Å². The largest absolute Gasteiger partial charge is 0.400 e. The van der Waals surface area contributed by atoms with Crippen LogP contribution in [0.3, 0.4) is 0 Å². The standard InChI is InChI=1S/C9H13FN3O8P/c10-9(17)6(15)4(3-20-22(11,18)19)21-7(9)13-2-1-5(14)12-8(13)16/h1-2,4,6-7,15,17H,3H2,(H3,11,18,19)(H,12,14,16)/t4-,6-,7-,9-/m1/s1. The molecule has 1 aromatic heterocycles. The van der Waals surface area contributed by atoms with Crippen molar-refractivity contribution in [3.05, 3.63) is 33.1 Å². The topological polar surface area (TPSA) is 177 Å². The number of H-pyrrole nitrogens is 1. The first-order chi connectivity index (χ1) is 10.0. The molecule has 0 saturated carbocycles. The summed E-state index contributed by atoms with van der Waals surface area (Å²) in [7, 11) is -4.41. The summed E-state index contributed by atoms with van der Waals surface area (Å²) in [4.78, 5) is 33.1. The van der Waals surface area contributed by atoms with Crippen molar-refractivity contribution in [3.63, 3.8) is 0 Å². The number of ether oxygens (including phenoxy) is 1. The summed E-state index contributed by atoms with van der Waals surface area (Å²) in [5.74, 6) is -3.41. The smallest absolute Gasteiger partial charge is 0.384 e. The minimum absolute atomic E-state index is 0.506. The number of aliphatic hydroxyl groups is 2. The maximum Gasteiger partial charge on any atom is 0.400 e. The van der Waals surface area contributed by atoms with E-state index in [1.165, 1.54) is 0 Å². The van der Waals surface area contributed by atoms with Crippen molar-refractivity contribution >= 4 is 7.75 Å². The SMILES string of the molecule is NP(=O)(O)OC[C@H]1O[C@@H](n2ccc(=O)[nH]c2=O)[C@@](O)(F)[C@@H]1O. The number of alkyl halides is 1. The lowest BCUT2D eigenvalue weighted by Crippen LogP contribution is -2.45. The summed E-state index contributed by atoms with van der Waals surface area (Å²) in [6.07, 6.45) is -4.92. The summed E-state index contributed by atoms with van der Waals surface area (Å²) in [6.45, 7) is -0.813. The number of aliphatic hydroxyl groups excluding tert-OH is 1. The van der Waals surface area contributed by atoms with Crippen LogP contribution in [0.4, 0.5) is 4.39 Å². The maximum absolute atomic E-state index is 14.2. The van der Waals surface area contributed by atoms with Crippen molar-refractivity contribution in [2.75, 3.05) is 6.61 Å². The van der Waals surface area contributed by atoms with Gasteiger partial charge in [-0.2, -0.15) is 0 Å². The quantitative estimate of drug-likeness (QED) is 0.371. The number of nitrogens with one attached hydrogen (secondary N) is 1. The van der Waals surface area contributed by atoms with Crippen molar-refractivity contribution in [1.82, 2.24) is 9.55 Å². The molecule has 0 spiro atoms. The lowest BCUT2D eigenvalue weighted by atomic mass is 10.1. The molecule has 22 heavy (non-hydrogen) atoms. The zero-order chi connectivity index (χ0) is 16.7. The number of aromatic nitrogens is 2. The second-order valence-electron chi connectivity index (χ2n) is 4.58. The summed E-state index contributed by atoms with van der Waals surface area (Å²) >= 11 is 0. The fourth-order valence-corrected chi connectivity index (χ4v) is 2.29. The third-order valence-corrected chi connectivity index (χ3v) is 3.46. The Kier molecular flexibility index (Phi) is 4.37. The van der Waals surface area contributed by atoms with E-state index in [1.54, 1.807) is 0 Å². The maximum atomic E-state index is 14.2. The third kappa shape index (κ3) is 3.33. The number of nitrogens with two attached hydrogens (primary N) is 1. The van der Waals surface area contributed by atoms with E-state index in [4.69, 9.17) is 15.1 Å². The molecule has 0 radical (unpaired) electrons. The minimum atomic E-state index is -4.41. The fraction of sp³-hybridized carbons (Fsp3) is 0.556. The number of halogens is 1. The Morgan fingerprint density at radius 2 is 2.23 bits per heavy atom. The molecule has 13 heteroatoms. The van der Waals surface area contributed by atoms with E-state index in [1.807, 2.05) is 4.98 Å². The Balaban J connectivity index is 2.28. The highest BCUT2D eigenvalue weighted by atomic mass is 31.2. The molecule has 1 aliphatic heterocycles. The lowest BCUT2D eigenvalue weighted by molar-refractivity contribution is -0.197. The Hall–Kier alpha value is -1.40. The van der Waals surface area contributed by atoms with E-state index < -0.39 is 49.9 Å². The number of hydrogen-bond donors (Lipinski definition) is 5. The van der Waals surface area contributed by atoms with E-state index in [0.717, 1.165) is 12.3 Å². The van der Waals surface area contributed by atoms with Gasteiger partial charge in [0.1, 0.15) is 12.2 Å². The Labute approximate surface area is 121 Å². The van der Waals surface area contributed by atoms with Crippen LogP contribution in [-0.2, 0) is 13.8 Å². The number of aromatic amines is 1. The van der Waals surface area contributed by atoms with Crippen molar-refractivity contribution in [2.24, 2.45) is 5.50 Å². The molecule has 2 heterocycles. The Morgan fingerprint density at radius 1 is 1.59 bits per heavy atom. The molecule has 5 atom stereocenters. The molecule has 0 amide bonds. The Morgan fingerprint density at radius 3 is 2.77 bits per heavy atom. The van der Waals surface area contributed by atoms with Gasteiger partial charge in [0.2, 0.25) is 0 Å². The molecule has 1 fully saturated rings. The molecule has 1 unspecified atom stereocenters. The first kappa shape index (κ1) is 17.0. The van der Waals surface area contributed by atoms with E-state index in [0.29, 0.717) is 4.57 Å². The monoisotopic (exact) mass is 341 g/mol. The average molecular weight is 341 g/mol. The van der Waals surface area contributed by atoms with Crippen LogP contribution in [0.25, 0.3) is 0 Å². The van der Waals surface area contributed by atoms with Gasteiger partial charge in [-0.1, -0.05) is 0 Å². The molecule has 1 saturated heterocycles. The van der Waals surface area contributed by atoms with E-state index in [-0.39, 0.29) is 0 Å². The van der Waals surface area contributed by atoms with Crippen LogP contribution in [0.15, 0.2) is 21.9 Å². The molecule has 0 aromatic carbocycles. The highest BCUT2D eigenvalue weighted by Gasteiger charge is 2.58. The molecule has 1 aliphatic rings. The van der Waals surface area contributed by atoms with Gasteiger partial charge >= 0.3 is 13.4 Å². The molecular formula is C9H13FN3O8P. The van der Waals surface area contributed by atoms with E-state index in [2.05, 4.69) is 4.52 Å². The van der Waals surface area contributed by atoms with Gasteiger partial charge in [-0.25, -0.2) is 19.3 Å². The van der Waals surface area contributed by atoms with E-state index in [9.17, 15) is 28.8 Å². The Bertz CT molecular complexity index is 711. The second-order valence-corrected chi connectivity index (χ2v) is 5.96. The molecule has 124 valence electrons. The molecule has 0 aliphatic carbocycles. The predicted octanol–water partition coefficient (Wildman–Crippen LogP) is -2.47. The van der Waals surface area contributed by atoms with Crippen LogP contribution < -0.4 is 16.8 Å². The second kappa shape index (κ2) is 5.66. The lowest BCUT2D eigenvalue weighted by Gasteiger charge is -2.23. The van der Waals surface area contributed by atoms with Gasteiger partial charge in [0, 0.05) is 12.3 Å². The zero-order valence-corrected chi connectivity index (χ0v) is 11.7. The predicted molar refractivity (Wildman–Crippen MR) is 67.3 cm³/mol. The van der Waals surface area contributed by atoms with Crippen LogP contribution in [0, 0.1) is 0 Å². The minimum Gasteiger partial charge on any atom is -0.384 e. The first-order valence-corrected chi connectivity index (χ1v) is 7.49. The van der Waals surface area contributed by atoms with Crippen LogP contribution in [0.2, 0.25) is 0 Å². The normalized spacial score (nSPS) is 34.5. The summed E-state index contributed by atoms with van der Waals surface area (Å²) in [5, 5.41) is 19.3. The molecule has 6 N–H and O–H groups in total. The van der Waals surface area contributed by atoms with Crippen LogP contribution in [0.5, 0.6) is 0 Å². The fourth-order valence-electron chi connectivity index (χ4n) is 1.93. The van der Waals surface area contributed by atoms with Crippen LogP contribution in [-0.4, -0.2) is 49.3 Å². The first-order valence-electron chi connectivity index (χ1n) is 5.84. The zero-order valence-electron chi connectivity index (χ0n) is 10.8. The number of hydrogen-bond acceptors (Lipinski definition) is 7. The highest BCUT2D eigenvalue weighted by molar-refractivity contribution is 7.50. The molecule has 2 rings (SSSR count). The average Bonchev–Trinajstić information content (AvgIpc) is 2.59. The van der Waals surface area contributed by atoms with Crippen molar-refractivity contribution < 1.29 is 33.3 Å². The van der Waals surface area contributed by atoms with Crippen LogP contribution >= 0.6 is 7.75 Å². The number of rotatable bonds is 4. The van der Waals surface area contributed by atoms with Crippen molar-refractivity contribution in [1.29, 1.82) is 0 Å². The highest BCUT2D eigenvalue weighted by Crippen LogP contribution is 2.41. The summed E-state index contributed by atoms with van der Waals surface area (Å²) in [5.41, 5.74) is 2.87. The van der Waals surface area contributed by atoms with Gasteiger partial charge in [0.15, 0.2) is 6.23 Å². The van der Waals surface area contributed by atoms with Crippen molar-refractivity contribution in [3.8, 4) is 0 Å². The molecule has 1 aromatic rings. The summed E-state index contributed by atoms with van der Waals surface area (Å²) in [6, 6.07) is 0.874. The molecule has 0 bridgehead atoms. The van der Waals surface area contributed by atoms with E-state index >= 15 is 0 Å². The van der Waals surface area contributed by atoms with Crippen molar-refractivity contribution in [2.45, 2.75) is 24.3 Å². The van der Waals surface area contributed by atoms with Gasteiger partial charge in [-0.15, -0.1) is 0 Å². The van der Waals surface area contributed by atoms with Crippen LogP contribution in [0.1, 0.15) is 6.23 Å². The van der Waals surface area contributed by atoms with Gasteiger partial charge in [0.25, 0.3) is 11.4 Å². The van der Waals surface area contributed by atoms with Gasteiger partial charge in [-0.3, -0.25) is 18.9 Å².